The molecule has 0 amide bonds. The van der Waals surface area contributed by atoms with E-state index >= 15 is 0 Å². The molecule has 1 aromatic carbocycles. The molecule has 3 nitrogen and oxygen atoms in total. The average molecular weight is 243 g/mol. The fraction of sp³-hybridized carbons (Fsp3) is 0.417. The van der Waals surface area contributed by atoms with Gasteiger partial charge in [0.2, 0.25) is 0 Å². The van der Waals surface area contributed by atoms with Crippen molar-refractivity contribution in [3.8, 4) is 5.75 Å². The number of ketones is 1. The van der Waals surface area contributed by atoms with Crippen molar-refractivity contribution in [1.82, 2.24) is 0 Å². The number of methoxy groups -OCH3 is 2. The summed E-state index contributed by atoms with van der Waals surface area (Å²) in [4.78, 5) is 12.1. The van der Waals surface area contributed by atoms with Crippen LogP contribution < -0.4 is 4.74 Å². The van der Waals surface area contributed by atoms with Gasteiger partial charge in [0, 0.05) is 12.7 Å². The van der Waals surface area contributed by atoms with Crippen LogP contribution in [0.2, 0.25) is 5.02 Å². The van der Waals surface area contributed by atoms with Crippen LogP contribution in [-0.4, -0.2) is 25.6 Å². The van der Waals surface area contributed by atoms with E-state index in [0.717, 1.165) is 0 Å². The molecule has 88 valence electrons. The number of ether oxygens (including phenoxy) is 2. The maximum Gasteiger partial charge on any atom is 0.194 e. The van der Waals surface area contributed by atoms with E-state index in [0.29, 0.717) is 16.3 Å². The van der Waals surface area contributed by atoms with Crippen LogP contribution in [0.4, 0.5) is 0 Å². The Balaban J connectivity index is 3.10. The number of hydrogen-bond donors (Lipinski definition) is 0. The first-order valence-corrected chi connectivity index (χ1v) is 5.23. The molecular weight excluding hydrogens is 228 g/mol. The Hall–Kier alpha value is -1.06. The highest BCUT2D eigenvalue weighted by atomic mass is 35.5. The molecule has 0 aromatic heterocycles. The monoisotopic (exact) mass is 242 g/mol. The Labute approximate surface area is 100 Å². The first-order chi connectivity index (χ1) is 7.42. The third kappa shape index (κ3) is 2.54. The summed E-state index contributed by atoms with van der Waals surface area (Å²) in [5.74, 6) is 0.379. The standard InChI is InChI=1S/C12H15ClO3/c1-12(2,16-4)11(14)8-5-6-9(13)10(7-8)15-3/h5-7H,1-4H3. The first-order valence-electron chi connectivity index (χ1n) is 4.86. The van der Waals surface area contributed by atoms with E-state index in [-0.39, 0.29) is 5.78 Å². The Morgan fingerprint density at radius 3 is 2.44 bits per heavy atom. The van der Waals surface area contributed by atoms with Crippen molar-refractivity contribution in [3.63, 3.8) is 0 Å². The minimum absolute atomic E-state index is 0.107. The summed E-state index contributed by atoms with van der Waals surface area (Å²) in [6.45, 7) is 3.44. The number of hydrogen-bond acceptors (Lipinski definition) is 3. The van der Waals surface area contributed by atoms with E-state index in [2.05, 4.69) is 0 Å². The summed E-state index contributed by atoms with van der Waals surface area (Å²) in [5.41, 5.74) is -0.327. The highest BCUT2D eigenvalue weighted by Gasteiger charge is 2.28. The number of carbonyl (C=O) groups excluding carboxylic acids is 1. The third-order valence-corrected chi connectivity index (χ3v) is 2.78. The zero-order valence-corrected chi connectivity index (χ0v) is 10.6. The van der Waals surface area contributed by atoms with Gasteiger partial charge in [0.25, 0.3) is 0 Å². The van der Waals surface area contributed by atoms with Crippen LogP contribution in [-0.2, 0) is 4.74 Å². The molecule has 0 bridgehead atoms. The summed E-state index contributed by atoms with van der Waals surface area (Å²) in [7, 11) is 3.02. The second kappa shape index (κ2) is 4.85. The van der Waals surface area contributed by atoms with E-state index < -0.39 is 5.60 Å². The topological polar surface area (TPSA) is 35.5 Å². The first kappa shape index (κ1) is 13.0. The van der Waals surface area contributed by atoms with E-state index in [9.17, 15) is 4.79 Å². The quantitative estimate of drug-likeness (QED) is 0.762. The van der Waals surface area contributed by atoms with Crippen LogP contribution >= 0.6 is 11.6 Å². The smallest absolute Gasteiger partial charge is 0.194 e. The molecule has 0 N–H and O–H groups in total. The predicted octanol–water partition coefficient (Wildman–Crippen LogP) is 2.96. The summed E-state index contributed by atoms with van der Waals surface area (Å²) in [5, 5.41) is 0.481. The van der Waals surface area contributed by atoms with Crippen molar-refractivity contribution in [2.24, 2.45) is 0 Å². The van der Waals surface area contributed by atoms with Crippen molar-refractivity contribution in [1.29, 1.82) is 0 Å². The van der Waals surface area contributed by atoms with E-state index in [1.807, 2.05) is 0 Å². The van der Waals surface area contributed by atoms with Crippen LogP contribution in [0.3, 0.4) is 0 Å². The van der Waals surface area contributed by atoms with Crippen molar-refractivity contribution in [3.05, 3.63) is 28.8 Å². The number of halogens is 1. The van der Waals surface area contributed by atoms with Gasteiger partial charge in [0.15, 0.2) is 5.78 Å². The van der Waals surface area contributed by atoms with Crippen molar-refractivity contribution >= 4 is 17.4 Å². The molecule has 1 rings (SSSR count). The third-order valence-electron chi connectivity index (χ3n) is 2.47. The summed E-state index contributed by atoms with van der Waals surface area (Å²) in [6, 6.07) is 4.92. The summed E-state index contributed by atoms with van der Waals surface area (Å²) in [6.07, 6.45) is 0. The molecule has 0 aliphatic rings. The van der Waals surface area contributed by atoms with Gasteiger partial charge in [-0.05, 0) is 32.0 Å². The maximum atomic E-state index is 12.1. The SMILES string of the molecule is COc1cc(C(=O)C(C)(C)OC)ccc1Cl. The normalized spacial score (nSPS) is 11.3. The predicted molar refractivity (Wildman–Crippen MR) is 63.4 cm³/mol. The second-order valence-corrected chi connectivity index (χ2v) is 4.30. The van der Waals surface area contributed by atoms with Crippen LogP contribution in [0.1, 0.15) is 24.2 Å². The van der Waals surface area contributed by atoms with Crippen molar-refractivity contribution in [2.45, 2.75) is 19.4 Å². The number of rotatable bonds is 4. The molecule has 0 aliphatic carbocycles. The highest BCUT2D eigenvalue weighted by Crippen LogP contribution is 2.27. The van der Waals surface area contributed by atoms with Gasteiger partial charge in [-0.2, -0.15) is 0 Å². The zero-order chi connectivity index (χ0) is 12.3. The second-order valence-electron chi connectivity index (χ2n) is 3.89. The van der Waals surface area contributed by atoms with Crippen LogP contribution in [0.5, 0.6) is 5.75 Å². The van der Waals surface area contributed by atoms with Gasteiger partial charge in [0.1, 0.15) is 11.4 Å². The fourth-order valence-electron chi connectivity index (χ4n) is 1.24. The molecule has 0 saturated heterocycles. The minimum Gasteiger partial charge on any atom is -0.495 e. The summed E-state index contributed by atoms with van der Waals surface area (Å²) < 4.78 is 10.2. The van der Waals surface area contributed by atoms with E-state index in [4.69, 9.17) is 21.1 Å². The van der Waals surface area contributed by atoms with Gasteiger partial charge < -0.3 is 9.47 Å². The lowest BCUT2D eigenvalue weighted by Gasteiger charge is -2.21. The summed E-state index contributed by atoms with van der Waals surface area (Å²) >= 11 is 5.88. The molecule has 0 aliphatic heterocycles. The Morgan fingerprint density at radius 2 is 1.94 bits per heavy atom. The molecule has 1 aromatic rings. The molecule has 0 radical (unpaired) electrons. The van der Waals surface area contributed by atoms with Gasteiger partial charge >= 0.3 is 0 Å². The fourth-order valence-corrected chi connectivity index (χ4v) is 1.44. The van der Waals surface area contributed by atoms with Crippen LogP contribution in [0, 0.1) is 0 Å². The Morgan fingerprint density at radius 1 is 1.31 bits per heavy atom. The molecular formula is C12H15ClO3. The van der Waals surface area contributed by atoms with Gasteiger partial charge in [-0.15, -0.1) is 0 Å². The zero-order valence-electron chi connectivity index (χ0n) is 9.83. The van der Waals surface area contributed by atoms with Gasteiger partial charge in [0.05, 0.1) is 12.1 Å². The van der Waals surface area contributed by atoms with E-state index in [1.54, 1.807) is 32.0 Å². The Kier molecular flexibility index (Phi) is 3.94. The van der Waals surface area contributed by atoms with Gasteiger partial charge in [-0.25, -0.2) is 0 Å². The number of carbonyl (C=O) groups is 1. The largest absolute Gasteiger partial charge is 0.495 e. The molecule has 0 saturated carbocycles. The van der Waals surface area contributed by atoms with Gasteiger partial charge in [-0.1, -0.05) is 11.6 Å². The molecule has 0 fully saturated rings. The minimum atomic E-state index is -0.848. The lowest BCUT2D eigenvalue weighted by molar-refractivity contribution is 0.0228. The number of benzene rings is 1. The van der Waals surface area contributed by atoms with Crippen LogP contribution in [0.15, 0.2) is 18.2 Å². The van der Waals surface area contributed by atoms with Crippen molar-refractivity contribution in [2.75, 3.05) is 14.2 Å². The Bertz CT molecular complexity index is 399. The molecule has 0 spiro atoms. The highest BCUT2D eigenvalue weighted by molar-refractivity contribution is 6.32. The average Bonchev–Trinajstić information content (AvgIpc) is 2.28. The molecule has 4 heteroatoms. The maximum absolute atomic E-state index is 12.1. The lowest BCUT2D eigenvalue weighted by Crippen LogP contribution is -2.33. The lowest BCUT2D eigenvalue weighted by atomic mass is 9.96. The van der Waals surface area contributed by atoms with E-state index in [1.165, 1.54) is 14.2 Å². The molecule has 0 heterocycles. The molecule has 0 atom stereocenters. The van der Waals surface area contributed by atoms with Crippen LogP contribution in [0.25, 0.3) is 0 Å². The number of Topliss-reactive ketones (excluding diaryl/α,β-unsaturated/α-hetero) is 1. The van der Waals surface area contributed by atoms with Crippen molar-refractivity contribution < 1.29 is 14.3 Å². The van der Waals surface area contributed by atoms with Gasteiger partial charge in [-0.3, -0.25) is 4.79 Å². The molecule has 16 heavy (non-hydrogen) atoms. The molecule has 0 unspecified atom stereocenters.